The molecule has 2 aromatic rings. The molecule has 2 atom stereocenters. The minimum atomic E-state index is -4.36. The molecular formula is C20H24F3N3O3S. The quantitative estimate of drug-likeness (QED) is 0.708. The molecule has 0 bridgehead atoms. The number of amides is 1. The highest BCUT2D eigenvalue weighted by Gasteiger charge is 2.36. The smallest absolute Gasteiger partial charge is 0.379 e. The molecule has 1 aromatic carbocycles. The fraction of sp³-hybridized carbons (Fsp3) is 0.450. The highest BCUT2D eigenvalue weighted by molar-refractivity contribution is 7.90. The monoisotopic (exact) mass is 443 g/mol. The number of nitrogens with zero attached hydrogens (tertiary/aromatic N) is 2. The van der Waals surface area contributed by atoms with E-state index in [0.29, 0.717) is 12.2 Å². The average Bonchev–Trinajstić information content (AvgIpc) is 3.34. The Bertz CT molecular complexity index is 974. The van der Waals surface area contributed by atoms with Crippen molar-refractivity contribution in [3.63, 3.8) is 0 Å². The molecule has 1 amide bonds. The van der Waals surface area contributed by atoms with Gasteiger partial charge in [0, 0.05) is 37.9 Å². The van der Waals surface area contributed by atoms with Crippen LogP contribution in [0.15, 0.2) is 53.7 Å². The molecule has 10 heteroatoms. The first-order valence-electron chi connectivity index (χ1n) is 9.70. The molecule has 0 unspecified atom stereocenters. The van der Waals surface area contributed by atoms with Gasteiger partial charge in [-0.3, -0.25) is 4.79 Å². The van der Waals surface area contributed by atoms with Crippen molar-refractivity contribution in [2.24, 2.45) is 5.92 Å². The lowest BCUT2D eigenvalue weighted by Gasteiger charge is -2.18. The van der Waals surface area contributed by atoms with E-state index in [1.165, 1.54) is 29.4 Å². The minimum Gasteiger partial charge on any atom is -0.379 e. The number of carbonyl (C=O) groups is 1. The Morgan fingerprint density at radius 2 is 1.87 bits per heavy atom. The van der Waals surface area contributed by atoms with Crippen molar-refractivity contribution in [2.45, 2.75) is 43.3 Å². The molecule has 1 saturated heterocycles. The van der Waals surface area contributed by atoms with E-state index in [9.17, 15) is 26.4 Å². The maximum absolute atomic E-state index is 12.7. The number of nitrogens with one attached hydrogen (secondary N) is 1. The van der Waals surface area contributed by atoms with Gasteiger partial charge in [0.15, 0.2) is 0 Å². The molecule has 1 N–H and O–H groups in total. The number of aromatic nitrogens is 1. The van der Waals surface area contributed by atoms with Crippen LogP contribution in [0, 0.1) is 5.92 Å². The summed E-state index contributed by atoms with van der Waals surface area (Å²) in [6.45, 7) is 2.62. The zero-order valence-corrected chi connectivity index (χ0v) is 17.3. The Hall–Kier alpha value is -2.49. The van der Waals surface area contributed by atoms with Gasteiger partial charge in [-0.05, 0) is 30.5 Å². The van der Waals surface area contributed by atoms with Gasteiger partial charge < -0.3 is 10.2 Å². The maximum Gasteiger partial charge on any atom is 0.389 e. The Balaban J connectivity index is 1.67. The summed E-state index contributed by atoms with van der Waals surface area (Å²) in [5.41, 5.74) is 0.572. The highest BCUT2D eigenvalue weighted by Crippen LogP contribution is 2.27. The second kappa shape index (κ2) is 8.71. The van der Waals surface area contributed by atoms with Gasteiger partial charge in [0.05, 0.1) is 17.0 Å². The molecule has 0 saturated carbocycles. The second-order valence-corrected chi connectivity index (χ2v) is 9.22. The average molecular weight is 443 g/mol. The molecule has 0 aliphatic carbocycles. The fourth-order valence-electron chi connectivity index (χ4n) is 3.60. The van der Waals surface area contributed by atoms with Gasteiger partial charge in [0.2, 0.25) is 5.91 Å². The molecule has 1 aliphatic rings. The first-order chi connectivity index (χ1) is 14.1. The summed E-state index contributed by atoms with van der Waals surface area (Å²) in [7, 11) is -3.71. The zero-order chi connectivity index (χ0) is 21.9. The molecule has 0 spiro atoms. The summed E-state index contributed by atoms with van der Waals surface area (Å²) in [4.78, 5) is 13.8. The van der Waals surface area contributed by atoms with Gasteiger partial charge in [-0.25, -0.2) is 12.4 Å². The third-order valence-electron chi connectivity index (χ3n) is 5.28. The van der Waals surface area contributed by atoms with E-state index in [1.807, 2.05) is 6.92 Å². The number of rotatable bonds is 7. The van der Waals surface area contributed by atoms with Crippen molar-refractivity contribution in [1.29, 1.82) is 0 Å². The number of anilines is 1. The van der Waals surface area contributed by atoms with Crippen LogP contribution in [0.1, 0.15) is 26.2 Å². The molecule has 2 heterocycles. The molecule has 164 valence electrons. The molecule has 0 radical (unpaired) electrons. The highest BCUT2D eigenvalue weighted by atomic mass is 32.2. The third-order valence-corrected chi connectivity index (χ3v) is 6.93. The van der Waals surface area contributed by atoms with Crippen molar-refractivity contribution in [2.75, 3.05) is 18.4 Å². The van der Waals surface area contributed by atoms with Crippen LogP contribution >= 0.6 is 0 Å². The van der Waals surface area contributed by atoms with E-state index in [4.69, 9.17) is 0 Å². The Morgan fingerprint density at radius 1 is 1.17 bits per heavy atom. The van der Waals surface area contributed by atoms with Crippen LogP contribution in [0.2, 0.25) is 0 Å². The van der Waals surface area contributed by atoms with Crippen LogP contribution in [-0.4, -0.2) is 48.5 Å². The molecule has 3 rings (SSSR count). The van der Waals surface area contributed by atoms with E-state index in [2.05, 4.69) is 5.32 Å². The van der Waals surface area contributed by atoms with Gasteiger partial charge in [-0.2, -0.15) is 13.2 Å². The van der Waals surface area contributed by atoms with Gasteiger partial charge in [-0.15, -0.1) is 0 Å². The standard InChI is InChI=1S/C20H24F3N3O3S/c1-2-15-12-25(19(27)8-10-20(21,22)23)14-18(15)24-16-9-11-26(13-16)30(28,29)17-6-4-3-5-7-17/h3-7,9,11,13,15,18,24H,2,8,10,12,14H2,1H3/t15-,18+/m0/s1. The number of hydrogen-bond acceptors (Lipinski definition) is 4. The van der Waals surface area contributed by atoms with Crippen molar-refractivity contribution >= 4 is 21.6 Å². The summed E-state index contributed by atoms with van der Waals surface area (Å²) in [5, 5.41) is 3.24. The van der Waals surface area contributed by atoms with Crippen LogP contribution in [0.25, 0.3) is 0 Å². The van der Waals surface area contributed by atoms with Gasteiger partial charge in [-0.1, -0.05) is 25.1 Å². The van der Waals surface area contributed by atoms with E-state index >= 15 is 0 Å². The predicted molar refractivity (Wildman–Crippen MR) is 107 cm³/mol. The lowest BCUT2D eigenvalue weighted by atomic mass is 10.0. The number of likely N-dealkylation sites (tertiary alicyclic amines) is 1. The Kier molecular flexibility index (Phi) is 6.44. The second-order valence-electron chi connectivity index (χ2n) is 7.38. The van der Waals surface area contributed by atoms with Crippen molar-refractivity contribution in [1.82, 2.24) is 8.87 Å². The minimum absolute atomic E-state index is 0.0638. The summed E-state index contributed by atoms with van der Waals surface area (Å²) in [6, 6.07) is 9.50. The summed E-state index contributed by atoms with van der Waals surface area (Å²) < 4.78 is 63.7. The van der Waals surface area contributed by atoms with Crippen LogP contribution < -0.4 is 5.32 Å². The largest absolute Gasteiger partial charge is 0.389 e. The van der Waals surface area contributed by atoms with Gasteiger partial charge in [0.1, 0.15) is 0 Å². The number of benzene rings is 1. The fourth-order valence-corrected chi connectivity index (χ4v) is 4.82. The number of alkyl halides is 3. The molecule has 30 heavy (non-hydrogen) atoms. The lowest BCUT2D eigenvalue weighted by Crippen LogP contribution is -2.32. The van der Waals surface area contributed by atoms with Crippen molar-refractivity contribution < 1.29 is 26.4 Å². The predicted octanol–water partition coefficient (Wildman–Crippen LogP) is 3.72. The molecule has 6 nitrogen and oxygen atoms in total. The number of halogens is 3. The van der Waals surface area contributed by atoms with Crippen LogP contribution in [-0.2, 0) is 14.8 Å². The summed E-state index contributed by atoms with van der Waals surface area (Å²) in [6.07, 6.45) is -2.40. The zero-order valence-electron chi connectivity index (χ0n) is 16.5. The third kappa shape index (κ3) is 5.16. The number of hydrogen-bond donors (Lipinski definition) is 1. The Morgan fingerprint density at radius 3 is 2.50 bits per heavy atom. The van der Waals surface area contributed by atoms with Crippen LogP contribution in [0.4, 0.5) is 18.9 Å². The lowest BCUT2D eigenvalue weighted by molar-refractivity contribution is -0.148. The first-order valence-corrected chi connectivity index (χ1v) is 11.1. The molecule has 1 aromatic heterocycles. The topological polar surface area (TPSA) is 71.4 Å². The summed E-state index contributed by atoms with van der Waals surface area (Å²) in [5.74, 6) is -0.451. The van der Waals surface area contributed by atoms with E-state index in [0.717, 1.165) is 10.4 Å². The maximum atomic E-state index is 12.7. The normalized spacial score (nSPS) is 19.8. The summed E-state index contributed by atoms with van der Waals surface area (Å²) >= 11 is 0. The Labute approximate surface area is 173 Å². The van der Waals surface area contributed by atoms with E-state index in [1.54, 1.807) is 24.3 Å². The molecule has 1 aliphatic heterocycles. The van der Waals surface area contributed by atoms with Crippen molar-refractivity contribution in [3.8, 4) is 0 Å². The van der Waals surface area contributed by atoms with Gasteiger partial charge in [0.25, 0.3) is 10.0 Å². The van der Waals surface area contributed by atoms with E-state index < -0.39 is 34.9 Å². The molecular weight excluding hydrogens is 419 g/mol. The van der Waals surface area contributed by atoms with E-state index in [-0.39, 0.29) is 23.4 Å². The van der Waals surface area contributed by atoms with Gasteiger partial charge >= 0.3 is 6.18 Å². The number of carbonyl (C=O) groups excluding carboxylic acids is 1. The van der Waals surface area contributed by atoms with Crippen molar-refractivity contribution in [3.05, 3.63) is 48.8 Å². The van der Waals surface area contributed by atoms with Crippen LogP contribution in [0.3, 0.4) is 0 Å². The molecule has 1 fully saturated rings. The first kappa shape index (κ1) is 22.2. The van der Waals surface area contributed by atoms with Crippen LogP contribution in [0.5, 0.6) is 0 Å². The SMILES string of the molecule is CC[C@H]1CN(C(=O)CCC(F)(F)F)C[C@H]1Nc1ccn(S(=O)(=O)c2ccccc2)c1.